The molecular weight excluding hydrogens is 649 g/mol. The van der Waals surface area contributed by atoms with E-state index in [-0.39, 0.29) is 10.8 Å². The highest BCUT2D eigenvalue weighted by atomic mass is 16.5. The number of pyridine rings is 1. The lowest BCUT2D eigenvalue weighted by atomic mass is 9.58. The van der Waals surface area contributed by atoms with E-state index in [9.17, 15) is 0 Å². The molecule has 0 N–H and O–H groups in total. The summed E-state index contributed by atoms with van der Waals surface area (Å²) in [4.78, 5) is 4.82. The lowest BCUT2D eigenvalue weighted by molar-refractivity contribution is 0.162. The molecule has 1 aliphatic carbocycles. The van der Waals surface area contributed by atoms with Gasteiger partial charge < -0.3 is 4.74 Å². The van der Waals surface area contributed by atoms with Crippen LogP contribution < -0.4 is 4.74 Å². The van der Waals surface area contributed by atoms with Gasteiger partial charge in [-0.1, -0.05) is 99.1 Å². The van der Waals surface area contributed by atoms with E-state index in [1.165, 1.54) is 39.6 Å². The topological polar surface area (TPSA) is 44.9 Å². The van der Waals surface area contributed by atoms with Crippen molar-refractivity contribution in [3.05, 3.63) is 119 Å². The first-order chi connectivity index (χ1) is 25.0. The van der Waals surface area contributed by atoms with E-state index in [4.69, 9.17) is 14.8 Å². The number of fused-ring (bicyclic) bond motifs is 3. The molecule has 0 radical (unpaired) electrons. The molecule has 53 heavy (non-hydrogen) atoms. The Balaban J connectivity index is 1.33. The highest BCUT2D eigenvalue weighted by molar-refractivity contribution is 6.09. The third-order valence-corrected chi connectivity index (χ3v) is 11.6. The van der Waals surface area contributed by atoms with Crippen LogP contribution in [0.25, 0.3) is 33.3 Å². The Morgan fingerprint density at radius 2 is 1.58 bits per heavy atom. The van der Waals surface area contributed by atoms with Crippen LogP contribution in [-0.2, 0) is 6.42 Å². The first-order valence-corrected chi connectivity index (χ1v) is 19.6. The van der Waals surface area contributed by atoms with Gasteiger partial charge in [-0.2, -0.15) is 5.10 Å². The Morgan fingerprint density at radius 1 is 0.849 bits per heavy atom. The third-order valence-electron chi connectivity index (χ3n) is 11.6. The largest absolute Gasteiger partial charge is 0.457 e. The van der Waals surface area contributed by atoms with Crippen molar-refractivity contribution in [2.24, 2.45) is 22.7 Å². The molecule has 3 atom stereocenters. The van der Waals surface area contributed by atoms with Crippen LogP contribution in [0.15, 0.2) is 90.6 Å². The van der Waals surface area contributed by atoms with E-state index >= 15 is 0 Å². The number of hydrogen-bond donors (Lipinski definition) is 0. The van der Waals surface area contributed by atoms with Gasteiger partial charge in [0, 0.05) is 46.3 Å². The van der Waals surface area contributed by atoms with Crippen molar-refractivity contribution in [2.75, 3.05) is 0 Å². The minimum absolute atomic E-state index is 0.0596. The summed E-state index contributed by atoms with van der Waals surface area (Å²) in [5.41, 5.74) is 11.2. The molecule has 3 aromatic carbocycles. The number of aromatic nitrogens is 4. The van der Waals surface area contributed by atoms with Crippen molar-refractivity contribution >= 4 is 21.8 Å². The predicted molar refractivity (Wildman–Crippen MR) is 222 cm³/mol. The minimum atomic E-state index is 0.0596. The number of benzene rings is 3. The molecule has 276 valence electrons. The van der Waals surface area contributed by atoms with Gasteiger partial charge in [-0.05, 0) is 109 Å². The van der Waals surface area contributed by atoms with Crippen LogP contribution in [0.3, 0.4) is 0 Å². The number of ether oxygens (including phenoxy) is 1. The molecule has 7 rings (SSSR count). The van der Waals surface area contributed by atoms with Gasteiger partial charge in [-0.3, -0.25) is 4.57 Å². The Hall–Kier alpha value is -4.64. The van der Waals surface area contributed by atoms with Crippen molar-refractivity contribution in [1.29, 1.82) is 0 Å². The summed E-state index contributed by atoms with van der Waals surface area (Å²) in [7, 11) is 0. The molecule has 3 aromatic heterocycles. The predicted octanol–water partition coefficient (Wildman–Crippen LogP) is 13.2. The lowest BCUT2D eigenvalue weighted by Crippen LogP contribution is -2.36. The quantitative estimate of drug-likeness (QED) is 0.155. The van der Waals surface area contributed by atoms with Crippen LogP contribution in [0.4, 0.5) is 0 Å². The zero-order chi connectivity index (χ0) is 38.0. The summed E-state index contributed by atoms with van der Waals surface area (Å²) < 4.78 is 11.3. The molecule has 3 heterocycles. The van der Waals surface area contributed by atoms with Gasteiger partial charge in [-0.15, -0.1) is 0 Å². The molecule has 6 aromatic rings. The fraction of sp³-hybridized carbons (Fsp3) is 0.417. The Kier molecular flexibility index (Phi) is 9.45. The monoisotopic (exact) mass is 706 g/mol. The molecule has 0 fully saturated rings. The maximum Gasteiger partial charge on any atom is 0.137 e. The van der Waals surface area contributed by atoms with Gasteiger partial charge in [0.25, 0.3) is 0 Å². The van der Waals surface area contributed by atoms with Crippen LogP contribution in [0.5, 0.6) is 11.5 Å². The normalized spacial score (nSPS) is 18.3. The smallest absolute Gasteiger partial charge is 0.137 e. The van der Waals surface area contributed by atoms with Gasteiger partial charge in [0.05, 0.1) is 22.4 Å². The molecule has 1 unspecified atom stereocenters. The average Bonchev–Trinajstić information content (AvgIpc) is 3.59. The average molecular weight is 707 g/mol. The first kappa shape index (κ1) is 36.7. The zero-order valence-electron chi connectivity index (χ0n) is 34.0. The van der Waals surface area contributed by atoms with Crippen molar-refractivity contribution in [3.8, 4) is 23.0 Å². The summed E-state index contributed by atoms with van der Waals surface area (Å²) in [6.07, 6.45) is 6.62. The Morgan fingerprint density at radius 3 is 2.28 bits per heavy atom. The fourth-order valence-electron chi connectivity index (χ4n) is 8.83. The molecule has 0 aliphatic heterocycles. The summed E-state index contributed by atoms with van der Waals surface area (Å²) in [5, 5.41) is 7.68. The molecule has 5 heteroatoms. The molecular formula is C48H58N4O. The van der Waals surface area contributed by atoms with Crippen molar-refractivity contribution < 1.29 is 4.74 Å². The maximum absolute atomic E-state index is 6.82. The van der Waals surface area contributed by atoms with Crippen molar-refractivity contribution in [2.45, 2.75) is 108 Å². The Bertz CT molecular complexity index is 2340. The number of hydrogen-bond acceptors (Lipinski definition) is 3. The van der Waals surface area contributed by atoms with Crippen LogP contribution in [0, 0.1) is 36.5 Å². The molecule has 0 bridgehead atoms. The number of para-hydroxylation sites is 1. The summed E-state index contributed by atoms with van der Waals surface area (Å²) in [6.45, 7) is 27.9. The van der Waals surface area contributed by atoms with Crippen molar-refractivity contribution in [1.82, 2.24) is 19.3 Å². The molecule has 0 saturated carbocycles. The second-order valence-corrected chi connectivity index (χ2v) is 18.0. The van der Waals surface area contributed by atoms with E-state index in [1.807, 2.05) is 6.20 Å². The van der Waals surface area contributed by atoms with Gasteiger partial charge in [0.2, 0.25) is 0 Å². The highest BCUT2D eigenvalue weighted by Crippen LogP contribution is 2.54. The minimum Gasteiger partial charge on any atom is -0.457 e. The lowest BCUT2D eigenvalue weighted by Gasteiger charge is -2.46. The maximum atomic E-state index is 6.82. The van der Waals surface area contributed by atoms with E-state index in [2.05, 4.69) is 171 Å². The van der Waals surface area contributed by atoms with Crippen LogP contribution in [0.1, 0.15) is 116 Å². The van der Waals surface area contributed by atoms with E-state index < -0.39 is 0 Å². The first-order valence-electron chi connectivity index (χ1n) is 19.6. The van der Waals surface area contributed by atoms with Gasteiger partial charge in [-0.25, -0.2) is 9.67 Å². The van der Waals surface area contributed by atoms with Gasteiger partial charge in [0.1, 0.15) is 17.3 Å². The summed E-state index contributed by atoms with van der Waals surface area (Å²) >= 11 is 0. The van der Waals surface area contributed by atoms with Crippen LogP contribution in [-0.4, -0.2) is 19.3 Å². The second kappa shape index (κ2) is 13.6. The van der Waals surface area contributed by atoms with Crippen LogP contribution in [0.2, 0.25) is 0 Å². The number of aryl methyl sites for hydroxylation is 2. The van der Waals surface area contributed by atoms with Gasteiger partial charge >= 0.3 is 0 Å². The molecule has 0 amide bonds. The van der Waals surface area contributed by atoms with Crippen LogP contribution >= 0.6 is 0 Å². The molecule has 0 saturated heterocycles. The number of rotatable bonds is 7. The second-order valence-electron chi connectivity index (χ2n) is 18.0. The summed E-state index contributed by atoms with van der Waals surface area (Å²) in [6, 6.07) is 25.9. The third kappa shape index (κ3) is 6.84. The van der Waals surface area contributed by atoms with E-state index in [1.54, 1.807) is 5.57 Å². The molecule has 1 aliphatic rings. The van der Waals surface area contributed by atoms with E-state index in [0.717, 1.165) is 46.2 Å². The molecule has 0 spiro atoms. The number of allylic oxidation sites excluding steroid dienone is 2. The van der Waals surface area contributed by atoms with E-state index in [0.29, 0.717) is 23.7 Å². The fourth-order valence-corrected chi connectivity index (χ4v) is 8.83. The molecule has 5 nitrogen and oxygen atoms in total. The summed E-state index contributed by atoms with van der Waals surface area (Å²) in [5.74, 6) is 4.22. The SMILES string of the molecule is CCc1ccnc(-n2c3ccccc3c3ccc(Oc4cc(C(C)C)cc(-n5nc(C)c(C6C(C(C)(C)C)=C[C@H](C)C[C@@H]6C(C)(C)C)c5C)c4)cc32)c1. The standard InChI is InChI=1S/C48H58N4O/c1-13-33-20-21-49-44(24-33)51-42-17-15-14-16-38(42)39-19-18-36(28-43(39)51)53-37-26-34(29(2)3)25-35(27-37)52-32(6)45(31(5)50-52)46-40(47(7,8)9)22-30(4)23-41(46)48(10,11)12/h14-22,24-30,41,46H,13,23H2,1-12H3/t30-,41-,46?/m0/s1. The Labute approximate surface area is 317 Å². The van der Waals surface area contributed by atoms with Gasteiger partial charge in [0.15, 0.2) is 0 Å². The number of nitrogens with zero attached hydrogens (tertiary/aromatic N) is 4. The zero-order valence-corrected chi connectivity index (χ0v) is 34.0. The highest BCUT2D eigenvalue weighted by Gasteiger charge is 2.44. The van der Waals surface area contributed by atoms with Crippen molar-refractivity contribution in [3.63, 3.8) is 0 Å².